The summed E-state index contributed by atoms with van der Waals surface area (Å²) in [4.78, 5) is 38.3. The van der Waals surface area contributed by atoms with Crippen molar-refractivity contribution in [3.8, 4) is 34.1 Å². The van der Waals surface area contributed by atoms with Gasteiger partial charge in [-0.15, -0.1) is 0 Å². The maximum atomic E-state index is 13.3. The average molecular weight is 707 g/mol. The normalized spacial score (nSPS) is 16.3. The number of benzene rings is 1. The van der Waals surface area contributed by atoms with E-state index in [0.29, 0.717) is 77.5 Å². The van der Waals surface area contributed by atoms with Crippen LogP contribution in [0.1, 0.15) is 47.3 Å². The van der Waals surface area contributed by atoms with Gasteiger partial charge >= 0.3 is 0 Å². The van der Waals surface area contributed by atoms with Gasteiger partial charge in [0.15, 0.2) is 0 Å². The van der Waals surface area contributed by atoms with Crippen molar-refractivity contribution >= 4 is 40.7 Å². The fourth-order valence-electron chi connectivity index (χ4n) is 5.63. The van der Waals surface area contributed by atoms with Crippen molar-refractivity contribution in [2.45, 2.75) is 50.4 Å². The number of aliphatic hydroxyl groups is 1. The predicted octanol–water partition coefficient (Wildman–Crippen LogP) is 4.76. The third-order valence-corrected chi connectivity index (χ3v) is 9.37. The highest BCUT2D eigenvalue weighted by Crippen LogP contribution is 2.40. The molecule has 4 aromatic rings. The fourth-order valence-corrected chi connectivity index (χ4v) is 6.21. The van der Waals surface area contributed by atoms with Gasteiger partial charge in [0, 0.05) is 79.4 Å². The van der Waals surface area contributed by atoms with Crippen molar-refractivity contribution < 1.29 is 24.2 Å². The first kappa shape index (κ1) is 34.5. The predicted molar refractivity (Wildman–Crippen MR) is 187 cm³/mol. The lowest BCUT2D eigenvalue weighted by atomic mass is 10.1. The summed E-state index contributed by atoms with van der Waals surface area (Å²) in [5.41, 5.74) is 3.63. The number of anilines is 1. The number of carbonyl (C=O) groups excluding carboxylic acids is 2. The Labute approximate surface area is 294 Å². The van der Waals surface area contributed by atoms with Crippen LogP contribution in [-0.2, 0) is 17.9 Å². The second kappa shape index (κ2) is 15.1. The molecule has 1 saturated carbocycles. The smallest absolute Gasteiger partial charge is 0.274 e. The molecule has 0 unspecified atom stereocenters. The summed E-state index contributed by atoms with van der Waals surface area (Å²) in [7, 11) is 3.09. The molecule has 1 saturated heterocycles. The highest BCUT2D eigenvalue weighted by molar-refractivity contribution is 6.39. The molecular weight excluding hydrogens is 669 g/mol. The van der Waals surface area contributed by atoms with Gasteiger partial charge in [-0.1, -0.05) is 41.4 Å². The largest absolute Gasteiger partial charge is 0.496 e. The Kier molecular flexibility index (Phi) is 10.6. The lowest BCUT2D eigenvalue weighted by Crippen LogP contribution is -2.35. The fraction of sp³-hybridized carbons (Fsp3) is 0.343. The highest BCUT2D eigenvalue weighted by Gasteiger charge is 2.39. The van der Waals surface area contributed by atoms with Gasteiger partial charge in [-0.3, -0.25) is 19.6 Å². The van der Waals surface area contributed by atoms with E-state index in [9.17, 15) is 14.7 Å². The first-order valence-corrected chi connectivity index (χ1v) is 16.7. The van der Waals surface area contributed by atoms with Gasteiger partial charge in [-0.2, -0.15) is 0 Å². The van der Waals surface area contributed by atoms with Gasteiger partial charge in [0.1, 0.15) is 11.4 Å². The van der Waals surface area contributed by atoms with Crippen LogP contribution in [0, 0.1) is 0 Å². The van der Waals surface area contributed by atoms with E-state index in [1.165, 1.54) is 7.11 Å². The Morgan fingerprint density at radius 2 is 1.84 bits per heavy atom. The molecule has 256 valence electrons. The Balaban J connectivity index is 1.17. The van der Waals surface area contributed by atoms with Crippen LogP contribution in [0.4, 0.5) is 5.69 Å². The Bertz CT molecular complexity index is 1870. The molecular formula is C35H37Cl2N7O5. The number of nitrogens with zero attached hydrogens (tertiary/aromatic N) is 3. The van der Waals surface area contributed by atoms with Gasteiger partial charge in [0.05, 0.1) is 46.9 Å². The van der Waals surface area contributed by atoms with E-state index in [-0.39, 0.29) is 22.7 Å². The third kappa shape index (κ3) is 8.11. The molecule has 1 aliphatic heterocycles. The van der Waals surface area contributed by atoms with Crippen molar-refractivity contribution in [2.75, 3.05) is 32.6 Å². The maximum absolute atomic E-state index is 13.3. The summed E-state index contributed by atoms with van der Waals surface area (Å²) in [5.74, 6) is 0.549. The molecule has 49 heavy (non-hydrogen) atoms. The van der Waals surface area contributed by atoms with Crippen LogP contribution < -0.4 is 30.7 Å². The van der Waals surface area contributed by atoms with E-state index >= 15 is 0 Å². The Morgan fingerprint density at radius 3 is 2.57 bits per heavy atom. The number of pyridine rings is 3. The van der Waals surface area contributed by atoms with E-state index in [2.05, 4.69) is 31.2 Å². The molecule has 12 nitrogen and oxygen atoms in total. The number of nitrogens with one attached hydrogen (secondary N) is 4. The van der Waals surface area contributed by atoms with Gasteiger partial charge in [0.2, 0.25) is 11.8 Å². The van der Waals surface area contributed by atoms with Crippen molar-refractivity contribution in [1.29, 1.82) is 0 Å². The summed E-state index contributed by atoms with van der Waals surface area (Å²) >= 11 is 13.8. The van der Waals surface area contributed by atoms with E-state index in [1.54, 1.807) is 49.8 Å². The standard InChI is InChI=1S/C35H37Cl2N7O5/c1-48-28-14-27(41-17-21(28)16-39-19-35(47)11-12-35)33(46)43-26-5-3-4-24(30(26)36)32-31(37)23(10-13-40-32)25-8-6-20(34(44-25)49-2)15-38-18-22-7-9-29(45)42-22/h3-6,8,10,13-14,17,22,38-39,47H,7,9,11-12,15-16,18-19H2,1-2H3,(H,42,45)(H,43,46)/t22-/m1/s1. The van der Waals surface area contributed by atoms with Gasteiger partial charge in [-0.05, 0) is 37.5 Å². The molecule has 3 aromatic heterocycles. The van der Waals surface area contributed by atoms with Crippen molar-refractivity contribution in [1.82, 2.24) is 30.9 Å². The number of carbonyl (C=O) groups is 2. The number of hydrogen-bond donors (Lipinski definition) is 5. The van der Waals surface area contributed by atoms with E-state index in [4.69, 9.17) is 37.7 Å². The number of rotatable bonds is 14. The number of halogens is 2. The zero-order valence-corrected chi connectivity index (χ0v) is 28.6. The first-order chi connectivity index (χ1) is 23.7. The lowest BCUT2D eigenvalue weighted by molar-refractivity contribution is -0.119. The molecule has 0 spiro atoms. The van der Waals surface area contributed by atoms with Gasteiger partial charge in [0.25, 0.3) is 5.91 Å². The zero-order chi connectivity index (χ0) is 34.5. The summed E-state index contributed by atoms with van der Waals surface area (Å²) in [6, 6.07) is 12.4. The summed E-state index contributed by atoms with van der Waals surface area (Å²) < 4.78 is 11.1. The van der Waals surface area contributed by atoms with Crippen LogP contribution >= 0.6 is 23.2 Å². The van der Waals surface area contributed by atoms with Crippen LogP contribution in [-0.4, -0.2) is 70.8 Å². The number of amides is 2. The first-order valence-electron chi connectivity index (χ1n) is 15.9. The minimum Gasteiger partial charge on any atom is -0.496 e. The molecule has 2 fully saturated rings. The summed E-state index contributed by atoms with van der Waals surface area (Å²) in [5, 5.41) is 23.0. The van der Waals surface area contributed by atoms with Gasteiger partial charge in [-0.25, -0.2) is 4.98 Å². The highest BCUT2D eigenvalue weighted by atomic mass is 35.5. The van der Waals surface area contributed by atoms with Crippen LogP contribution in [0.3, 0.4) is 0 Å². The monoisotopic (exact) mass is 705 g/mol. The number of aromatic nitrogens is 3. The number of methoxy groups -OCH3 is 2. The van der Waals surface area contributed by atoms with E-state index in [1.807, 2.05) is 12.1 Å². The van der Waals surface area contributed by atoms with E-state index < -0.39 is 11.5 Å². The minimum absolute atomic E-state index is 0.0804. The number of hydrogen-bond acceptors (Lipinski definition) is 10. The molecule has 2 amide bonds. The van der Waals surface area contributed by atoms with Crippen molar-refractivity contribution in [3.63, 3.8) is 0 Å². The molecule has 0 bridgehead atoms. The Morgan fingerprint density at radius 1 is 1.02 bits per heavy atom. The SMILES string of the molecule is COc1cc(C(=O)Nc2cccc(-c3nccc(-c4ccc(CNC[C@H]5CCC(=O)N5)c(OC)n4)c3Cl)c2Cl)ncc1CNCC1(O)CC1. The molecule has 4 heterocycles. The second-order valence-corrected chi connectivity index (χ2v) is 12.9. The molecule has 0 radical (unpaired) electrons. The zero-order valence-electron chi connectivity index (χ0n) is 27.1. The maximum Gasteiger partial charge on any atom is 0.274 e. The molecule has 5 N–H and O–H groups in total. The van der Waals surface area contributed by atoms with E-state index in [0.717, 1.165) is 30.4 Å². The number of ether oxygens (including phenoxy) is 2. The van der Waals surface area contributed by atoms with Gasteiger partial charge < -0.3 is 35.8 Å². The van der Waals surface area contributed by atoms with Crippen LogP contribution in [0.25, 0.3) is 22.5 Å². The second-order valence-electron chi connectivity index (χ2n) is 12.2. The van der Waals surface area contributed by atoms with Crippen LogP contribution in [0.15, 0.2) is 54.9 Å². The van der Waals surface area contributed by atoms with Crippen molar-refractivity contribution in [3.05, 3.63) is 81.7 Å². The van der Waals surface area contributed by atoms with Crippen molar-refractivity contribution in [2.24, 2.45) is 0 Å². The molecule has 1 atom stereocenters. The van der Waals surface area contributed by atoms with Crippen LogP contribution in [0.5, 0.6) is 11.6 Å². The molecule has 1 aliphatic carbocycles. The molecule has 6 rings (SSSR count). The average Bonchev–Trinajstić information content (AvgIpc) is 3.70. The summed E-state index contributed by atoms with van der Waals surface area (Å²) in [6.07, 6.45) is 6.14. The van der Waals surface area contributed by atoms with Crippen LogP contribution in [0.2, 0.25) is 10.0 Å². The molecule has 1 aromatic carbocycles. The third-order valence-electron chi connectivity index (χ3n) is 8.58. The summed E-state index contributed by atoms with van der Waals surface area (Å²) in [6.45, 7) is 2.08. The topological polar surface area (TPSA) is 160 Å². The molecule has 14 heteroatoms. The lowest BCUT2D eigenvalue weighted by Gasteiger charge is -2.15. The minimum atomic E-state index is -0.624. The quantitative estimate of drug-likeness (QED) is 0.124. The molecule has 2 aliphatic rings. The Hall–Kier alpha value is -4.33.